The lowest BCUT2D eigenvalue weighted by Crippen LogP contribution is -2.27. The van der Waals surface area contributed by atoms with Crippen LogP contribution in [0.15, 0.2) is 34.2 Å². The lowest BCUT2D eigenvalue weighted by molar-refractivity contribution is 0.318. The summed E-state index contributed by atoms with van der Waals surface area (Å²) in [5, 5.41) is 10.9. The van der Waals surface area contributed by atoms with E-state index < -0.39 is 0 Å². The van der Waals surface area contributed by atoms with E-state index in [-0.39, 0.29) is 5.56 Å². The number of hydrogen-bond donors (Lipinski definition) is 0. The fourth-order valence-electron chi connectivity index (χ4n) is 3.64. The molecule has 1 aromatic carbocycles. The van der Waals surface area contributed by atoms with Crippen molar-refractivity contribution in [3.8, 4) is 5.69 Å². The molecule has 4 aromatic rings. The minimum atomic E-state index is -0.0399. The summed E-state index contributed by atoms with van der Waals surface area (Å²) in [4.78, 5) is 18.1. The molecule has 0 spiro atoms. The van der Waals surface area contributed by atoms with Crippen molar-refractivity contribution in [1.29, 1.82) is 0 Å². The minimum Gasteiger partial charge on any atom is -0.301 e. The lowest BCUT2D eigenvalue weighted by Gasteiger charge is -2.21. The lowest BCUT2D eigenvalue weighted by atomic mass is 10.1. The fourth-order valence-corrected chi connectivity index (χ4v) is 5.72. The molecule has 0 saturated carbocycles. The van der Waals surface area contributed by atoms with Crippen LogP contribution in [0.25, 0.3) is 21.7 Å². The minimum absolute atomic E-state index is 0.0399. The van der Waals surface area contributed by atoms with Crippen LogP contribution in [0.5, 0.6) is 0 Å². The van der Waals surface area contributed by atoms with Gasteiger partial charge >= 0.3 is 0 Å². The summed E-state index contributed by atoms with van der Waals surface area (Å²) in [7, 11) is 2.11. The van der Waals surface area contributed by atoms with Crippen LogP contribution < -0.4 is 5.56 Å². The molecule has 6 nitrogen and oxygen atoms in total. The van der Waals surface area contributed by atoms with E-state index in [1.807, 2.05) is 22.8 Å². The molecule has 0 atom stereocenters. The van der Waals surface area contributed by atoms with E-state index in [0.717, 1.165) is 40.6 Å². The van der Waals surface area contributed by atoms with Crippen molar-refractivity contribution in [3.05, 3.63) is 50.1 Å². The zero-order chi connectivity index (χ0) is 18.7. The van der Waals surface area contributed by atoms with E-state index in [0.29, 0.717) is 10.8 Å². The van der Waals surface area contributed by atoms with Gasteiger partial charge in [0.1, 0.15) is 4.83 Å². The highest BCUT2D eigenvalue weighted by atomic mass is 35.5. The summed E-state index contributed by atoms with van der Waals surface area (Å²) < 4.78 is 3.66. The van der Waals surface area contributed by atoms with Gasteiger partial charge in [0, 0.05) is 23.0 Å². The van der Waals surface area contributed by atoms with E-state index in [1.165, 1.54) is 22.2 Å². The van der Waals surface area contributed by atoms with Crippen molar-refractivity contribution in [2.24, 2.45) is 0 Å². The molecule has 27 heavy (non-hydrogen) atoms. The van der Waals surface area contributed by atoms with Crippen LogP contribution in [0.1, 0.15) is 10.4 Å². The van der Waals surface area contributed by atoms with Crippen LogP contribution in [0.3, 0.4) is 0 Å². The highest BCUT2D eigenvalue weighted by Crippen LogP contribution is 2.35. The van der Waals surface area contributed by atoms with Crippen LogP contribution in [0, 0.1) is 0 Å². The third-order valence-electron chi connectivity index (χ3n) is 4.93. The maximum Gasteiger partial charge on any atom is 0.268 e. The number of hydrogen-bond acceptors (Lipinski definition) is 6. The number of fused-ring (bicyclic) bond motifs is 5. The van der Waals surface area contributed by atoms with Gasteiger partial charge in [-0.1, -0.05) is 23.4 Å². The van der Waals surface area contributed by atoms with E-state index in [4.69, 9.17) is 11.6 Å². The van der Waals surface area contributed by atoms with Crippen molar-refractivity contribution in [2.75, 3.05) is 19.8 Å². The summed E-state index contributed by atoms with van der Waals surface area (Å²) in [5.74, 6) is 0.533. The highest BCUT2D eigenvalue weighted by molar-refractivity contribution is 7.98. The van der Waals surface area contributed by atoms with Gasteiger partial charge in [-0.15, -0.1) is 21.5 Å². The summed E-state index contributed by atoms with van der Waals surface area (Å²) in [5.41, 5.74) is 1.87. The monoisotopic (exact) mass is 417 g/mol. The van der Waals surface area contributed by atoms with E-state index in [1.54, 1.807) is 28.0 Å². The Bertz CT molecular complexity index is 1240. The Balaban J connectivity index is 1.95. The Labute approximate surface area is 168 Å². The normalized spacial score (nSPS) is 14.9. The molecule has 1 aliphatic rings. The second-order valence-electron chi connectivity index (χ2n) is 6.61. The van der Waals surface area contributed by atoms with Crippen LogP contribution in [0.4, 0.5) is 0 Å². The Morgan fingerprint density at radius 2 is 2.00 bits per heavy atom. The number of aromatic nitrogens is 4. The van der Waals surface area contributed by atoms with Gasteiger partial charge in [-0.3, -0.25) is 4.79 Å². The molecule has 9 heteroatoms. The number of thiophene rings is 1. The fraction of sp³-hybridized carbons (Fsp3) is 0.278. The molecule has 0 amide bonds. The molecule has 0 N–H and O–H groups in total. The second kappa shape index (κ2) is 6.34. The second-order valence-corrected chi connectivity index (χ2v) is 8.90. The number of benzene rings is 1. The predicted molar refractivity (Wildman–Crippen MR) is 111 cm³/mol. The van der Waals surface area contributed by atoms with Crippen molar-refractivity contribution in [2.45, 2.75) is 18.1 Å². The van der Waals surface area contributed by atoms with Crippen molar-refractivity contribution < 1.29 is 0 Å². The Morgan fingerprint density at radius 3 is 2.74 bits per heavy atom. The number of thioether (sulfide) groups is 1. The van der Waals surface area contributed by atoms with Gasteiger partial charge in [0.25, 0.3) is 5.56 Å². The van der Waals surface area contributed by atoms with Crippen molar-refractivity contribution in [1.82, 2.24) is 24.1 Å². The van der Waals surface area contributed by atoms with Gasteiger partial charge in [0.15, 0.2) is 5.16 Å². The van der Waals surface area contributed by atoms with Gasteiger partial charge in [0.2, 0.25) is 5.78 Å². The molecule has 0 aliphatic carbocycles. The number of halogens is 1. The molecular weight excluding hydrogens is 402 g/mol. The molecule has 4 heterocycles. The molecule has 3 aromatic heterocycles. The van der Waals surface area contributed by atoms with Gasteiger partial charge in [-0.2, -0.15) is 0 Å². The first kappa shape index (κ1) is 17.2. The quantitative estimate of drug-likeness (QED) is 0.467. The SMILES string of the molecule is CSc1nnc2n(-c3ccc(Cl)cc3)c(=O)c3c4c(sc3n12)CN(C)CC4. The standard InChI is InChI=1S/C18H16ClN5OS2/c1-22-8-7-12-13(9-22)27-16-14(12)15(25)23(11-5-3-10(19)4-6-11)17-20-21-18(26-2)24(16)17/h3-6H,7-9H2,1-2H3. The molecule has 1 aliphatic heterocycles. The third kappa shape index (κ3) is 2.55. The molecule has 0 bridgehead atoms. The van der Waals surface area contributed by atoms with Gasteiger partial charge < -0.3 is 4.90 Å². The first-order valence-electron chi connectivity index (χ1n) is 8.51. The zero-order valence-electron chi connectivity index (χ0n) is 14.8. The highest BCUT2D eigenvalue weighted by Gasteiger charge is 2.26. The largest absolute Gasteiger partial charge is 0.301 e. The molecule has 138 valence electrons. The average molecular weight is 418 g/mol. The van der Waals surface area contributed by atoms with Crippen molar-refractivity contribution >= 4 is 50.7 Å². The van der Waals surface area contributed by atoms with Crippen LogP contribution in [-0.2, 0) is 13.0 Å². The summed E-state index contributed by atoms with van der Waals surface area (Å²) in [6, 6.07) is 7.26. The van der Waals surface area contributed by atoms with E-state index >= 15 is 0 Å². The van der Waals surface area contributed by atoms with Crippen molar-refractivity contribution in [3.63, 3.8) is 0 Å². The first-order valence-corrected chi connectivity index (χ1v) is 10.9. The Morgan fingerprint density at radius 1 is 1.22 bits per heavy atom. The summed E-state index contributed by atoms with van der Waals surface area (Å²) >= 11 is 9.25. The molecule has 0 unspecified atom stereocenters. The Kier molecular flexibility index (Phi) is 4.05. The maximum absolute atomic E-state index is 13.6. The topological polar surface area (TPSA) is 55.4 Å². The third-order valence-corrected chi connectivity index (χ3v) is 7.02. The van der Waals surface area contributed by atoms with Gasteiger partial charge in [-0.25, -0.2) is 8.97 Å². The van der Waals surface area contributed by atoms with Gasteiger partial charge in [0.05, 0.1) is 11.1 Å². The first-order chi connectivity index (χ1) is 13.1. The average Bonchev–Trinajstić information content (AvgIpc) is 3.24. The van der Waals surface area contributed by atoms with E-state index in [9.17, 15) is 4.79 Å². The van der Waals surface area contributed by atoms with Crippen LogP contribution >= 0.6 is 34.7 Å². The van der Waals surface area contributed by atoms with Crippen LogP contribution in [-0.4, -0.2) is 43.9 Å². The molecular formula is C18H16ClN5OS2. The smallest absolute Gasteiger partial charge is 0.268 e. The molecule has 0 fully saturated rings. The zero-order valence-corrected chi connectivity index (χ0v) is 17.2. The van der Waals surface area contributed by atoms with E-state index in [2.05, 4.69) is 22.1 Å². The Hall–Kier alpha value is -1.87. The van der Waals surface area contributed by atoms with Gasteiger partial charge in [-0.05, 0) is 49.6 Å². The molecule has 5 rings (SSSR count). The summed E-state index contributed by atoms with van der Waals surface area (Å²) in [6.45, 7) is 1.82. The number of rotatable bonds is 2. The molecule has 0 saturated heterocycles. The predicted octanol–water partition coefficient (Wildman–Crippen LogP) is 3.46. The molecule has 0 radical (unpaired) electrons. The maximum atomic E-state index is 13.6. The number of likely N-dealkylation sites (N-methyl/N-ethyl adjacent to an activating group) is 1. The number of nitrogens with zero attached hydrogens (tertiary/aromatic N) is 5. The van der Waals surface area contributed by atoms with Crippen LogP contribution in [0.2, 0.25) is 5.02 Å². The summed E-state index contributed by atoms with van der Waals surface area (Å²) in [6.07, 6.45) is 2.85.